The van der Waals surface area contributed by atoms with Gasteiger partial charge in [0.05, 0.1) is 16.9 Å². The summed E-state index contributed by atoms with van der Waals surface area (Å²) >= 11 is 1.54. The van der Waals surface area contributed by atoms with E-state index >= 15 is 0 Å². The molecular formula is C24H23N2O3S-. The van der Waals surface area contributed by atoms with Gasteiger partial charge in [-0.15, -0.1) is 0 Å². The molecule has 1 aliphatic heterocycles. The summed E-state index contributed by atoms with van der Waals surface area (Å²) in [5.74, 6) is 0.257. The van der Waals surface area contributed by atoms with Gasteiger partial charge in [0.25, 0.3) is 0 Å². The van der Waals surface area contributed by atoms with Gasteiger partial charge in [0.2, 0.25) is 5.91 Å². The van der Waals surface area contributed by atoms with E-state index in [9.17, 15) is 14.7 Å². The van der Waals surface area contributed by atoms with E-state index in [-0.39, 0.29) is 22.8 Å². The summed E-state index contributed by atoms with van der Waals surface area (Å²) in [6.45, 7) is 0. The first-order chi connectivity index (χ1) is 14.6. The topological polar surface area (TPSA) is 72.8 Å². The molecule has 30 heavy (non-hydrogen) atoms. The summed E-state index contributed by atoms with van der Waals surface area (Å²) in [4.78, 5) is 31.2. The highest BCUT2D eigenvalue weighted by Gasteiger charge is 2.49. The van der Waals surface area contributed by atoms with Crippen molar-refractivity contribution < 1.29 is 14.7 Å². The van der Waals surface area contributed by atoms with Crippen molar-refractivity contribution in [1.29, 1.82) is 0 Å². The number of benzene rings is 2. The maximum Gasteiger partial charge on any atom is 0.242 e. The predicted octanol–water partition coefficient (Wildman–Crippen LogP) is 3.41. The van der Waals surface area contributed by atoms with Gasteiger partial charge in [-0.3, -0.25) is 9.69 Å². The second-order valence-corrected chi connectivity index (χ2v) is 9.65. The first-order valence-electron chi connectivity index (χ1n) is 10.5. The lowest BCUT2D eigenvalue weighted by Crippen LogP contribution is -2.44. The maximum absolute atomic E-state index is 13.5. The minimum Gasteiger partial charge on any atom is -0.545 e. The smallest absolute Gasteiger partial charge is 0.242 e. The third-order valence-electron chi connectivity index (χ3n) is 6.59. The van der Waals surface area contributed by atoms with Crippen LogP contribution in [0.25, 0.3) is 0 Å². The molecule has 2 aliphatic carbocycles. The standard InChI is InChI=1S/C24H24N2O3S/c27-22-21(14-15-4-2-1-3-5-15)30-24(25-19-10-8-17(9-11-19)23(28)29)26(22)20-13-16-6-7-18(20)12-16/h1-5,8-11,16,18,20-21H,6-7,12-14H2,(H,28,29)/p-1/t16-,18+,20+,21-/m1/s1. The van der Waals surface area contributed by atoms with Gasteiger partial charge in [0.1, 0.15) is 0 Å². The number of aromatic carboxylic acids is 1. The number of carboxylic acid groups (broad SMARTS) is 1. The molecule has 0 spiro atoms. The summed E-state index contributed by atoms with van der Waals surface area (Å²) in [5, 5.41) is 11.6. The number of carbonyl (C=O) groups excluding carboxylic acids is 2. The first kappa shape index (κ1) is 19.4. The van der Waals surface area contributed by atoms with E-state index in [0.29, 0.717) is 18.0 Å². The highest BCUT2D eigenvalue weighted by atomic mass is 32.2. The Kier molecular flexibility index (Phi) is 5.11. The Morgan fingerprint density at radius 3 is 2.47 bits per heavy atom. The van der Waals surface area contributed by atoms with Crippen molar-refractivity contribution in [3.05, 3.63) is 65.7 Å². The molecule has 154 valence electrons. The molecule has 2 aromatic carbocycles. The molecule has 5 rings (SSSR count). The Hall–Kier alpha value is -2.60. The normalized spacial score (nSPS) is 29.1. The van der Waals surface area contributed by atoms with Crippen LogP contribution >= 0.6 is 11.8 Å². The molecule has 5 nitrogen and oxygen atoms in total. The molecule has 1 heterocycles. The zero-order valence-electron chi connectivity index (χ0n) is 16.6. The fraction of sp³-hybridized carbons (Fsp3) is 0.375. The summed E-state index contributed by atoms with van der Waals surface area (Å²) in [5.41, 5.74) is 1.93. The van der Waals surface area contributed by atoms with E-state index in [1.807, 2.05) is 23.1 Å². The number of aliphatic imine (C=N–C) groups is 1. The van der Waals surface area contributed by atoms with Crippen LogP contribution in [0.3, 0.4) is 0 Å². The number of amides is 1. The zero-order chi connectivity index (χ0) is 20.7. The molecular weight excluding hydrogens is 396 g/mol. The summed E-state index contributed by atoms with van der Waals surface area (Å²) < 4.78 is 0. The first-order valence-corrected chi connectivity index (χ1v) is 11.4. The molecule has 6 heteroatoms. The summed E-state index contributed by atoms with van der Waals surface area (Å²) in [6, 6.07) is 16.7. The predicted molar refractivity (Wildman–Crippen MR) is 115 cm³/mol. The molecule has 1 saturated heterocycles. The van der Waals surface area contributed by atoms with Gasteiger partial charge in [0.15, 0.2) is 5.17 Å². The highest BCUT2D eigenvalue weighted by Crippen LogP contribution is 2.49. The van der Waals surface area contributed by atoms with Crippen molar-refractivity contribution in [2.45, 2.75) is 43.4 Å². The fourth-order valence-electron chi connectivity index (χ4n) is 5.14. The average Bonchev–Trinajstić information content (AvgIpc) is 3.45. The summed E-state index contributed by atoms with van der Waals surface area (Å²) in [7, 11) is 0. The van der Waals surface area contributed by atoms with Crippen LogP contribution in [0.5, 0.6) is 0 Å². The van der Waals surface area contributed by atoms with E-state index in [2.05, 4.69) is 12.1 Å². The van der Waals surface area contributed by atoms with Crippen LogP contribution in [0.1, 0.15) is 41.6 Å². The van der Waals surface area contributed by atoms with Gasteiger partial charge < -0.3 is 9.90 Å². The number of thioether (sulfide) groups is 1. The van der Waals surface area contributed by atoms with E-state index in [4.69, 9.17) is 4.99 Å². The van der Waals surface area contributed by atoms with E-state index in [1.165, 1.54) is 43.2 Å². The average molecular weight is 420 g/mol. The van der Waals surface area contributed by atoms with E-state index in [1.54, 1.807) is 12.1 Å². The van der Waals surface area contributed by atoms with Gasteiger partial charge in [-0.1, -0.05) is 60.6 Å². The lowest BCUT2D eigenvalue weighted by atomic mass is 9.94. The second kappa shape index (κ2) is 7.91. The van der Waals surface area contributed by atoms with Gasteiger partial charge in [-0.25, -0.2) is 4.99 Å². The van der Waals surface area contributed by atoms with Crippen molar-refractivity contribution in [1.82, 2.24) is 4.90 Å². The molecule has 2 bridgehead atoms. The Morgan fingerprint density at radius 2 is 1.83 bits per heavy atom. The number of hydrogen-bond donors (Lipinski definition) is 0. The molecule has 0 unspecified atom stereocenters. The lowest BCUT2D eigenvalue weighted by Gasteiger charge is -2.31. The Bertz CT molecular complexity index is 989. The number of rotatable bonds is 5. The molecule has 1 amide bonds. The number of fused-ring (bicyclic) bond motifs is 2. The largest absolute Gasteiger partial charge is 0.545 e. The molecule has 3 fully saturated rings. The number of nitrogens with zero attached hydrogens (tertiary/aromatic N) is 2. The molecule has 0 aromatic heterocycles. The van der Waals surface area contributed by atoms with Crippen molar-refractivity contribution >= 4 is 34.5 Å². The number of carboxylic acids is 1. The van der Waals surface area contributed by atoms with Gasteiger partial charge in [-0.2, -0.15) is 0 Å². The van der Waals surface area contributed by atoms with Crippen molar-refractivity contribution in [2.75, 3.05) is 0 Å². The minimum atomic E-state index is -1.20. The Morgan fingerprint density at radius 1 is 1.07 bits per heavy atom. The van der Waals surface area contributed by atoms with Crippen molar-refractivity contribution in [3.8, 4) is 0 Å². The highest BCUT2D eigenvalue weighted by molar-refractivity contribution is 8.15. The monoisotopic (exact) mass is 419 g/mol. The van der Waals surface area contributed by atoms with Crippen LogP contribution in [0.2, 0.25) is 0 Å². The van der Waals surface area contributed by atoms with Crippen molar-refractivity contribution in [2.24, 2.45) is 16.8 Å². The zero-order valence-corrected chi connectivity index (χ0v) is 17.4. The van der Waals surface area contributed by atoms with Crippen molar-refractivity contribution in [3.63, 3.8) is 0 Å². The lowest BCUT2D eigenvalue weighted by molar-refractivity contribution is -0.255. The molecule has 2 aromatic rings. The molecule has 2 saturated carbocycles. The van der Waals surface area contributed by atoms with Crippen LogP contribution in [0.15, 0.2) is 59.6 Å². The van der Waals surface area contributed by atoms with Crippen LogP contribution in [0.4, 0.5) is 5.69 Å². The van der Waals surface area contributed by atoms with Crippen LogP contribution in [-0.4, -0.2) is 33.2 Å². The second-order valence-electron chi connectivity index (χ2n) is 8.48. The van der Waals surface area contributed by atoms with Crippen LogP contribution in [-0.2, 0) is 11.2 Å². The van der Waals surface area contributed by atoms with Crippen LogP contribution < -0.4 is 5.11 Å². The Labute approximate surface area is 180 Å². The Balaban J connectivity index is 1.44. The fourth-order valence-corrected chi connectivity index (χ4v) is 6.38. The third-order valence-corrected chi connectivity index (χ3v) is 7.74. The van der Waals surface area contributed by atoms with Crippen LogP contribution in [0, 0.1) is 11.8 Å². The number of amidine groups is 1. The third kappa shape index (κ3) is 3.65. The van der Waals surface area contributed by atoms with E-state index in [0.717, 1.165) is 23.1 Å². The minimum absolute atomic E-state index is 0.126. The van der Waals surface area contributed by atoms with Gasteiger partial charge in [0, 0.05) is 6.04 Å². The number of carbonyl (C=O) groups is 2. The quantitative estimate of drug-likeness (QED) is 0.745. The van der Waals surface area contributed by atoms with Gasteiger partial charge in [-0.05, 0) is 60.8 Å². The maximum atomic E-state index is 13.5. The summed E-state index contributed by atoms with van der Waals surface area (Å²) in [6.07, 6.45) is 5.44. The van der Waals surface area contributed by atoms with Gasteiger partial charge >= 0.3 is 0 Å². The molecule has 4 atom stereocenters. The van der Waals surface area contributed by atoms with E-state index < -0.39 is 5.97 Å². The molecule has 0 N–H and O–H groups in total. The molecule has 3 aliphatic rings. The SMILES string of the molecule is O=C([O-])c1ccc(N=C2S[C@H](Cc3ccccc3)C(=O)N2[C@H]2C[C@@H]3CC[C@H]2C3)cc1. The number of hydrogen-bond acceptors (Lipinski definition) is 5. The molecule has 0 radical (unpaired) electrons.